The molecule has 0 heterocycles. The smallest absolute Gasteiger partial charge is 0.335 e. The number of nitrogens with zero attached hydrogens (tertiary/aromatic N) is 1. The maximum Gasteiger partial charge on any atom is 0.335 e. The zero-order chi connectivity index (χ0) is 14.2. The molecule has 0 unspecified atom stereocenters. The van der Waals surface area contributed by atoms with Gasteiger partial charge in [0.1, 0.15) is 0 Å². The molecule has 0 radical (unpaired) electrons. The first-order valence-corrected chi connectivity index (χ1v) is 7.67. The molecule has 1 saturated carbocycles. The minimum absolute atomic E-state index is 0.103. The fraction of sp³-hybridized carbons (Fsp3) is 0.462. The monoisotopic (exact) mass is 283 g/mol. The van der Waals surface area contributed by atoms with Crippen molar-refractivity contribution in [3.05, 3.63) is 29.3 Å². The van der Waals surface area contributed by atoms with E-state index >= 15 is 0 Å². The zero-order valence-electron chi connectivity index (χ0n) is 11.0. The minimum atomic E-state index is -3.52. The fourth-order valence-electron chi connectivity index (χ4n) is 2.19. The highest BCUT2D eigenvalue weighted by Gasteiger charge is 2.37. The quantitative estimate of drug-likeness (QED) is 0.895. The van der Waals surface area contributed by atoms with Crippen LogP contribution in [0.25, 0.3) is 0 Å². The van der Waals surface area contributed by atoms with Crippen LogP contribution in [0, 0.1) is 6.92 Å². The molecule has 0 spiro atoms. The summed E-state index contributed by atoms with van der Waals surface area (Å²) in [5.41, 5.74) is 0.574. The third-order valence-electron chi connectivity index (χ3n) is 3.27. The summed E-state index contributed by atoms with van der Waals surface area (Å²) in [6, 6.07) is 4.23. The molecule has 1 aromatic rings. The first-order valence-electron chi connectivity index (χ1n) is 6.23. The van der Waals surface area contributed by atoms with Crippen molar-refractivity contribution >= 4 is 16.0 Å². The Morgan fingerprint density at radius 2 is 2.05 bits per heavy atom. The summed E-state index contributed by atoms with van der Waals surface area (Å²) < 4.78 is 26.5. The molecule has 0 aliphatic heterocycles. The standard InChI is InChI=1S/C13H17NO4S/c1-3-14(11-5-6-11)19(17,18)12-7-4-10(13(15)16)8-9(12)2/h4,7-8,11H,3,5-6H2,1-2H3,(H,15,16). The van der Waals surface area contributed by atoms with Crippen molar-refractivity contribution in [2.24, 2.45) is 0 Å². The van der Waals surface area contributed by atoms with Crippen LogP contribution in [0.4, 0.5) is 0 Å². The number of carboxylic acids is 1. The van der Waals surface area contributed by atoms with Gasteiger partial charge < -0.3 is 5.11 Å². The Bertz CT molecular complexity index is 605. The Morgan fingerprint density at radius 1 is 1.42 bits per heavy atom. The maximum atomic E-state index is 12.5. The lowest BCUT2D eigenvalue weighted by molar-refractivity contribution is 0.0696. The highest BCUT2D eigenvalue weighted by atomic mass is 32.2. The van der Waals surface area contributed by atoms with Crippen LogP contribution < -0.4 is 0 Å². The van der Waals surface area contributed by atoms with Crippen LogP contribution in [0.1, 0.15) is 35.7 Å². The number of aromatic carboxylic acids is 1. The molecule has 0 atom stereocenters. The number of hydrogen-bond donors (Lipinski definition) is 1. The van der Waals surface area contributed by atoms with E-state index in [1.54, 1.807) is 6.92 Å². The lowest BCUT2D eigenvalue weighted by atomic mass is 10.1. The summed E-state index contributed by atoms with van der Waals surface area (Å²) in [5.74, 6) is -1.05. The van der Waals surface area contributed by atoms with Gasteiger partial charge in [0.25, 0.3) is 0 Å². The van der Waals surface area contributed by atoms with E-state index in [0.29, 0.717) is 12.1 Å². The van der Waals surface area contributed by atoms with E-state index < -0.39 is 16.0 Å². The van der Waals surface area contributed by atoms with Gasteiger partial charge in [0.2, 0.25) is 10.0 Å². The van der Waals surface area contributed by atoms with Gasteiger partial charge in [0.15, 0.2) is 0 Å². The van der Waals surface area contributed by atoms with Gasteiger partial charge in [-0.05, 0) is 43.5 Å². The van der Waals surface area contributed by atoms with Crippen molar-refractivity contribution in [2.45, 2.75) is 37.6 Å². The number of carbonyl (C=O) groups is 1. The second-order valence-corrected chi connectivity index (χ2v) is 6.58. The third kappa shape index (κ3) is 2.64. The summed E-state index contributed by atoms with van der Waals surface area (Å²) in [5, 5.41) is 8.90. The minimum Gasteiger partial charge on any atom is -0.478 e. The molecular weight excluding hydrogens is 266 g/mol. The Hall–Kier alpha value is -1.40. The van der Waals surface area contributed by atoms with Crippen molar-refractivity contribution in [1.29, 1.82) is 0 Å². The van der Waals surface area contributed by atoms with Crippen molar-refractivity contribution in [2.75, 3.05) is 6.54 Å². The molecule has 1 aliphatic carbocycles. The highest BCUT2D eigenvalue weighted by molar-refractivity contribution is 7.89. The van der Waals surface area contributed by atoms with Crippen LogP contribution in [-0.4, -0.2) is 36.4 Å². The predicted molar refractivity (Wildman–Crippen MR) is 70.7 cm³/mol. The molecule has 0 amide bonds. The van der Waals surface area contributed by atoms with E-state index in [1.807, 2.05) is 6.92 Å². The molecule has 1 N–H and O–H groups in total. The Morgan fingerprint density at radius 3 is 2.47 bits per heavy atom. The molecule has 6 heteroatoms. The highest BCUT2D eigenvalue weighted by Crippen LogP contribution is 2.32. The number of benzene rings is 1. The van der Waals surface area contributed by atoms with Crippen LogP contribution >= 0.6 is 0 Å². The van der Waals surface area contributed by atoms with Crippen molar-refractivity contribution in [3.63, 3.8) is 0 Å². The van der Waals surface area contributed by atoms with Gasteiger partial charge in [-0.2, -0.15) is 4.31 Å². The lowest BCUT2D eigenvalue weighted by Gasteiger charge is -2.21. The van der Waals surface area contributed by atoms with Crippen LogP contribution in [0.15, 0.2) is 23.1 Å². The van der Waals surface area contributed by atoms with Crippen LogP contribution in [-0.2, 0) is 10.0 Å². The van der Waals surface area contributed by atoms with Gasteiger partial charge in [-0.25, -0.2) is 13.2 Å². The molecule has 0 aromatic heterocycles. The third-order valence-corrected chi connectivity index (χ3v) is 5.46. The maximum absolute atomic E-state index is 12.5. The molecule has 104 valence electrons. The van der Waals surface area contributed by atoms with E-state index in [2.05, 4.69) is 0 Å². The number of rotatable bonds is 5. The molecule has 0 bridgehead atoms. The second-order valence-electron chi connectivity index (χ2n) is 4.72. The van der Waals surface area contributed by atoms with Crippen LogP contribution in [0.5, 0.6) is 0 Å². The Kier molecular flexibility index (Phi) is 3.64. The molecule has 1 aromatic carbocycles. The summed E-state index contributed by atoms with van der Waals surface area (Å²) in [4.78, 5) is 11.1. The Balaban J connectivity index is 2.43. The van der Waals surface area contributed by atoms with Gasteiger partial charge in [-0.1, -0.05) is 6.92 Å². The van der Waals surface area contributed by atoms with Crippen LogP contribution in [0.3, 0.4) is 0 Å². The van der Waals surface area contributed by atoms with E-state index in [0.717, 1.165) is 12.8 Å². The van der Waals surface area contributed by atoms with Crippen molar-refractivity contribution < 1.29 is 18.3 Å². The van der Waals surface area contributed by atoms with Gasteiger partial charge in [0, 0.05) is 12.6 Å². The van der Waals surface area contributed by atoms with Gasteiger partial charge in [-0.3, -0.25) is 0 Å². The first-order chi connectivity index (χ1) is 8.87. The summed E-state index contributed by atoms with van der Waals surface area (Å²) in [6.45, 7) is 3.88. The van der Waals surface area contributed by atoms with Crippen molar-refractivity contribution in [1.82, 2.24) is 4.31 Å². The average molecular weight is 283 g/mol. The van der Waals surface area contributed by atoms with Gasteiger partial charge in [-0.15, -0.1) is 0 Å². The summed E-state index contributed by atoms with van der Waals surface area (Å²) >= 11 is 0. The molecule has 5 nitrogen and oxygen atoms in total. The fourth-order valence-corrected chi connectivity index (χ4v) is 4.09. The number of sulfonamides is 1. The topological polar surface area (TPSA) is 74.7 Å². The first kappa shape index (κ1) is 14.0. The lowest BCUT2D eigenvalue weighted by Crippen LogP contribution is -2.33. The SMILES string of the molecule is CCN(C1CC1)S(=O)(=O)c1ccc(C(=O)O)cc1C. The summed E-state index contributed by atoms with van der Waals surface area (Å²) in [7, 11) is -3.52. The molecular formula is C13H17NO4S. The average Bonchev–Trinajstić information content (AvgIpc) is 3.13. The van der Waals surface area contributed by atoms with Gasteiger partial charge >= 0.3 is 5.97 Å². The predicted octanol–water partition coefficient (Wildman–Crippen LogP) is 1.87. The largest absolute Gasteiger partial charge is 0.478 e. The molecule has 1 aliphatic rings. The second kappa shape index (κ2) is 4.94. The normalized spacial score (nSPS) is 15.7. The zero-order valence-corrected chi connectivity index (χ0v) is 11.8. The number of hydrogen-bond acceptors (Lipinski definition) is 3. The van der Waals surface area contributed by atoms with E-state index in [1.165, 1.54) is 22.5 Å². The van der Waals surface area contributed by atoms with E-state index in [4.69, 9.17) is 5.11 Å². The summed E-state index contributed by atoms with van der Waals surface area (Å²) in [6.07, 6.45) is 1.80. The molecule has 1 fully saturated rings. The molecule has 2 rings (SSSR count). The van der Waals surface area contributed by atoms with Crippen LogP contribution in [0.2, 0.25) is 0 Å². The number of aryl methyl sites for hydroxylation is 1. The van der Waals surface area contributed by atoms with E-state index in [-0.39, 0.29) is 16.5 Å². The van der Waals surface area contributed by atoms with Crippen molar-refractivity contribution in [3.8, 4) is 0 Å². The number of carboxylic acid groups (broad SMARTS) is 1. The Labute approximate surface area is 112 Å². The van der Waals surface area contributed by atoms with Gasteiger partial charge in [0.05, 0.1) is 10.5 Å². The van der Waals surface area contributed by atoms with E-state index in [9.17, 15) is 13.2 Å². The molecule has 0 saturated heterocycles. The molecule has 19 heavy (non-hydrogen) atoms.